The number of fused-ring (bicyclic) bond motifs is 1. The summed E-state index contributed by atoms with van der Waals surface area (Å²) in [6.07, 6.45) is 7.78. The van der Waals surface area contributed by atoms with E-state index in [0.29, 0.717) is 11.3 Å². The average Bonchev–Trinajstić information content (AvgIpc) is 3.71. The lowest BCUT2D eigenvalue weighted by Gasteiger charge is -2.22. The van der Waals surface area contributed by atoms with Crippen LogP contribution in [0.15, 0.2) is 91.3 Å². The quantitative estimate of drug-likeness (QED) is 0.320. The normalized spacial score (nSPS) is 14.7. The molecular weight excluding hydrogens is 472 g/mol. The number of aromatic nitrogens is 1. The molecule has 6 nitrogen and oxygen atoms in total. The number of rotatable bonds is 7. The molecule has 1 aliphatic carbocycles. The molecule has 2 aliphatic rings. The topological polar surface area (TPSA) is 66.5 Å². The fraction of sp³-hybridized carbons (Fsp3) is 0.250. The van der Waals surface area contributed by atoms with E-state index in [2.05, 4.69) is 70.2 Å². The second kappa shape index (κ2) is 11.0. The van der Waals surface area contributed by atoms with E-state index >= 15 is 0 Å². The van der Waals surface area contributed by atoms with E-state index in [4.69, 9.17) is 4.74 Å². The predicted octanol–water partition coefficient (Wildman–Crippen LogP) is 6.03. The van der Waals surface area contributed by atoms with Crippen LogP contribution >= 0.6 is 0 Å². The maximum Gasteiger partial charge on any atom is 0.252 e. The monoisotopic (exact) mass is 506 g/mol. The molecule has 0 radical (unpaired) electrons. The SMILES string of the molecule is CN1C=CC1.COc1ccc(C)c(C(=O)NC2(c3cc(NCc4ccccc4)cc4ncccc34)CC2)c1. The lowest BCUT2D eigenvalue weighted by molar-refractivity contribution is 0.0930. The van der Waals surface area contributed by atoms with Crippen LogP contribution in [0.25, 0.3) is 10.9 Å². The number of nitrogens with one attached hydrogen (secondary N) is 2. The molecule has 1 saturated carbocycles. The third kappa shape index (κ3) is 5.65. The lowest BCUT2D eigenvalue weighted by Crippen LogP contribution is -2.35. The highest BCUT2D eigenvalue weighted by molar-refractivity contribution is 5.97. The zero-order valence-corrected chi connectivity index (χ0v) is 22.2. The van der Waals surface area contributed by atoms with Gasteiger partial charge in [0.25, 0.3) is 5.91 Å². The van der Waals surface area contributed by atoms with Gasteiger partial charge in [0.1, 0.15) is 5.75 Å². The number of nitrogens with zero attached hydrogens (tertiary/aromatic N) is 2. The Morgan fingerprint density at radius 2 is 1.82 bits per heavy atom. The van der Waals surface area contributed by atoms with E-state index in [-0.39, 0.29) is 5.91 Å². The molecule has 2 N–H and O–H groups in total. The minimum Gasteiger partial charge on any atom is -0.497 e. The summed E-state index contributed by atoms with van der Waals surface area (Å²) >= 11 is 0. The van der Waals surface area contributed by atoms with E-state index in [1.54, 1.807) is 13.2 Å². The summed E-state index contributed by atoms with van der Waals surface area (Å²) in [6.45, 7) is 3.81. The summed E-state index contributed by atoms with van der Waals surface area (Å²) < 4.78 is 5.33. The molecule has 0 bridgehead atoms. The van der Waals surface area contributed by atoms with Gasteiger partial charge in [-0.15, -0.1) is 0 Å². The molecule has 3 aromatic carbocycles. The van der Waals surface area contributed by atoms with Gasteiger partial charge < -0.3 is 20.3 Å². The van der Waals surface area contributed by atoms with Crippen molar-refractivity contribution in [3.05, 3.63) is 114 Å². The molecule has 6 rings (SSSR count). The van der Waals surface area contributed by atoms with Gasteiger partial charge in [-0.2, -0.15) is 0 Å². The van der Waals surface area contributed by atoms with Crippen LogP contribution in [-0.4, -0.2) is 36.5 Å². The van der Waals surface area contributed by atoms with Gasteiger partial charge in [0.15, 0.2) is 0 Å². The Morgan fingerprint density at radius 1 is 1.05 bits per heavy atom. The first-order chi connectivity index (χ1) is 18.5. The maximum absolute atomic E-state index is 13.3. The van der Waals surface area contributed by atoms with Gasteiger partial charge in [-0.25, -0.2) is 0 Å². The van der Waals surface area contributed by atoms with Crippen molar-refractivity contribution in [3.8, 4) is 5.75 Å². The highest BCUT2D eigenvalue weighted by Gasteiger charge is 2.47. The number of aryl methyl sites for hydroxylation is 1. The minimum absolute atomic E-state index is 0.0800. The summed E-state index contributed by atoms with van der Waals surface area (Å²) in [5.74, 6) is 0.598. The van der Waals surface area contributed by atoms with Gasteiger partial charge in [-0.1, -0.05) is 42.5 Å². The van der Waals surface area contributed by atoms with Crippen molar-refractivity contribution in [1.82, 2.24) is 15.2 Å². The van der Waals surface area contributed by atoms with Gasteiger partial charge in [-0.3, -0.25) is 9.78 Å². The highest BCUT2D eigenvalue weighted by atomic mass is 16.5. The van der Waals surface area contributed by atoms with Crippen molar-refractivity contribution < 1.29 is 9.53 Å². The second-order valence-corrected chi connectivity index (χ2v) is 9.97. The van der Waals surface area contributed by atoms with Gasteiger partial charge in [0, 0.05) is 43.0 Å². The molecule has 38 heavy (non-hydrogen) atoms. The first kappa shape index (κ1) is 25.3. The van der Waals surface area contributed by atoms with Crippen molar-refractivity contribution >= 4 is 22.5 Å². The van der Waals surface area contributed by atoms with Crippen LogP contribution < -0.4 is 15.4 Å². The number of carbonyl (C=O) groups is 1. The third-order valence-corrected chi connectivity index (χ3v) is 7.12. The van der Waals surface area contributed by atoms with Crippen molar-refractivity contribution in [3.63, 3.8) is 0 Å². The number of hydrogen-bond acceptors (Lipinski definition) is 5. The minimum atomic E-state index is -0.391. The summed E-state index contributed by atoms with van der Waals surface area (Å²) in [5, 5.41) is 7.94. The second-order valence-electron chi connectivity index (χ2n) is 9.97. The number of likely N-dealkylation sites (N-methyl/N-ethyl adjacent to an activating group) is 1. The Labute approximate surface area is 224 Å². The number of anilines is 1. The number of methoxy groups -OCH3 is 1. The van der Waals surface area contributed by atoms with E-state index in [9.17, 15) is 4.79 Å². The van der Waals surface area contributed by atoms with Crippen LogP contribution in [0.5, 0.6) is 5.75 Å². The molecule has 6 heteroatoms. The lowest BCUT2D eigenvalue weighted by atomic mass is 9.97. The highest BCUT2D eigenvalue weighted by Crippen LogP contribution is 2.49. The van der Waals surface area contributed by atoms with Gasteiger partial charge in [0.2, 0.25) is 0 Å². The smallest absolute Gasteiger partial charge is 0.252 e. The summed E-state index contributed by atoms with van der Waals surface area (Å²) in [7, 11) is 3.67. The van der Waals surface area contributed by atoms with Crippen molar-refractivity contribution in [2.75, 3.05) is 26.0 Å². The van der Waals surface area contributed by atoms with Gasteiger partial charge >= 0.3 is 0 Å². The van der Waals surface area contributed by atoms with Crippen LogP contribution in [0.4, 0.5) is 5.69 Å². The standard InChI is InChI=1S/C28H27N3O2.C4H7N/c1-19-10-11-22(33-2)17-24(19)27(32)31-28(12-13-28)25-15-21(16-26-23(25)9-6-14-29-26)30-18-20-7-4-3-5-8-20;1-5-3-2-4-5/h3-11,14-17,30H,12-13,18H2,1-2H3,(H,31,32);2-3H,4H2,1H3. The van der Waals surface area contributed by atoms with E-state index in [1.165, 1.54) is 5.56 Å². The Bertz CT molecular complexity index is 1460. The van der Waals surface area contributed by atoms with Crippen LogP contribution in [0.1, 0.15) is 39.9 Å². The Morgan fingerprint density at radius 3 is 2.47 bits per heavy atom. The van der Waals surface area contributed by atoms with Crippen LogP contribution in [0.2, 0.25) is 0 Å². The molecule has 4 aromatic rings. The Hall–Kier alpha value is -4.32. The zero-order valence-electron chi connectivity index (χ0n) is 22.2. The molecule has 194 valence electrons. The Kier molecular flexibility index (Phi) is 7.31. The largest absolute Gasteiger partial charge is 0.497 e. The molecule has 0 saturated heterocycles. The van der Waals surface area contributed by atoms with Crippen molar-refractivity contribution in [2.24, 2.45) is 0 Å². The first-order valence-electron chi connectivity index (χ1n) is 13.0. The van der Waals surface area contributed by atoms with Gasteiger partial charge in [0.05, 0.1) is 18.2 Å². The van der Waals surface area contributed by atoms with Crippen LogP contribution in [0.3, 0.4) is 0 Å². The molecule has 1 aliphatic heterocycles. The van der Waals surface area contributed by atoms with Crippen molar-refractivity contribution in [2.45, 2.75) is 31.8 Å². The van der Waals surface area contributed by atoms with E-state index in [0.717, 1.165) is 53.6 Å². The van der Waals surface area contributed by atoms with Crippen LogP contribution in [-0.2, 0) is 12.1 Å². The van der Waals surface area contributed by atoms with E-state index < -0.39 is 5.54 Å². The third-order valence-electron chi connectivity index (χ3n) is 7.12. The van der Waals surface area contributed by atoms with Gasteiger partial charge in [-0.05, 0) is 79.1 Å². The number of benzene rings is 3. The zero-order chi connectivity index (χ0) is 26.5. The summed E-state index contributed by atoms with van der Waals surface area (Å²) in [5.41, 5.74) is 5.41. The fourth-order valence-corrected chi connectivity index (χ4v) is 4.64. The number of ether oxygens (including phenoxy) is 1. The predicted molar refractivity (Wildman–Crippen MR) is 153 cm³/mol. The molecule has 2 heterocycles. The molecule has 1 amide bonds. The number of amides is 1. The van der Waals surface area contributed by atoms with Crippen molar-refractivity contribution in [1.29, 1.82) is 0 Å². The molecular formula is C32H34N4O2. The van der Waals surface area contributed by atoms with Crippen LogP contribution in [0, 0.1) is 6.92 Å². The molecule has 0 spiro atoms. The molecule has 1 fully saturated rings. The first-order valence-corrected chi connectivity index (χ1v) is 13.0. The molecule has 1 aromatic heterocycles. The number of pyridine rings is 1. The number of hydrogen-bond donors (Lipinski definition) is 2. The Balaban J connectivity index is 0.000000529. The molecule has 0 unspecified atom stereocenters. The molecule has 0 atom stereocenters. The van der Waals surface area contributed by atoms with E-state index in [1.807, 2.05) is 49.5 Å². The summed E-state index contributed by atoms with van der Waals surface area (Å²) in [6, 6.07) is 24.2. The average molecular weight is 507 g/mol. The maximum atomic E-state index is 13.3. The fourth-order valence-electron chi connectivity index (χ4n) is 4.64. The number of carbonyl (C=O) groups excluding carboxylic acids is 1. The summed E-state index contributed by atoms with van der Waals surface area (Å²) in [4.78, 5) is 20.0.